The third-order valence-corrected chi connectivity index (χ3v) is 2.69. The van der Waals surface area contributed by atoms with Gasteiger partial charge in [0, 0.05) is 33.0 Å². The number of hydrogen-bond donors (Lipinski definition) is 2. The van der Waals surface area contributed by atoms with Crippen LogP contribution in [-0.4, -0.2) is 37.7 Å². The largest absolute Gasteiger partial charge is 0.381 e. The molecule has 0 spiro atoms. The smallest absolute Gasteiger partial charge is 0.191 e. The average molecular weight is 424 g/mol. The van der Waals surface area contributed by atoms with Crippen LogP contribution in [0.1, 0.15) is 26.0 Å². The number of guanidine groups is 1. The second-order valence-corrected chi connectivity index (χ2v) is 5.11. The van der Waals surface area contributed by atoms with Crippen molar-refractivity contribution >= 4 is 29.9 Å². The maximum Gasteiger partial charge on any atom is 0.191 e. The van der Waals surface area contributed by atoms with Crippen molar-refractivity contribution in [3.63, 3.8) is 0 Å². The molecule has 22 heavy (non-hydrogen) atoms. The lowest BCUT2D eigenvalue weighted by Crippen LogP contribution is -2.38. The van der Waals surface area contributed by atoms with E-state index < -0.39 is 0 Å². The fourth-order valence-electron chi connectivity index (χ4n) is 1.64. The van der Waals surface area contributed by atoms with Gasteiger partial charge in [0.25, 0.3) is 0 Å². The van der Waals surface area contributed by atoms with Gasteiger partial charge in [-0.15, -0.1) is 24.0 Å². The molecular weight excluding hydrogens is 398 g/mol. The molecule has 7 heteroatoms. The highest BCUT2D eigenvalue weighted by Gasteiger charge is 2.03. The van der Waals surface area contributed by atoms with Crippen molar-refractivity contribution in [2.24, 2.45) is 10.9 Å². The molecule has 0 saturated heterocycles. The monoisotopic (exact) mass is 424 g/mol. The lowest BCUT2D eigenvalue weighted by molar-refractivity contribution is 0.108. The van der Waals surface area contributed by atoms with Crippen molar-refractivity contribution in [1.82, 2.24) is 15.6 Å². The molecule has 0 bridgehead atoms. The lowest BCUT2D eigenvalue weighted by atomic mass is 10.2. The van der Waals surface area contributed by atoms with Crippen LogP contribution in [0.4, 0.5) is 4.39 Å². The number of halogens is 2. The molecule has 0 atom stereocenters. The highest BCUT2D eigenvalue weighted by Crippen LogP contribution is 2.01. The molecule has 1 heterocycles. The second kappa shape index (κ2) is 12.6. The molecule has 0 aromatic carbocycles. The minimum atomic E-state index is -0.317. The Hall–Kier alpha value is -0.960. The van der Waals surface area contributed by atoms with Crippen molar-refractivity contribution in [2.75, 3.05) is 26.8 Å². The summed E-state index contributed by atoms with van der Waals surface area (Å²) in [6.45, 7) is 6.81. The number of pyridine rings is 1. The predicted molar refractivity (Wildman–Crippen MR) is 98.1 cm³/mol. The quantitative estimate of drug-likeness (QED) is 0.292. The number of hydrogen-bond acceptors (Lipinski definition) is 3. The van der Waals surface area contributed by atoms with Crippen LogP contribution in [0.2, 0.25) is 0 Å². The van der Waals surface area contributed by atoms with Crippen molar-refractivity contribution in [3.8, 4) is 0 Å². The summed E-state index contributed by atoms with van der Waals surface area (Å²) in [7, 11) is 1.68. The van der Waals surface area contributed by atoms with Gasteiger partial charge in [0.1, 0.15) is 5.82 Å². The summed E-state index contributed by atoms with van der Waals surface area (Å²) in [6.07, 6.45) is 2.47. The molecule has 1 aromatic heterocycles. The number of rotatable bonds is 8. The molecule has 0 aliphatic heterocycles. The van der Waals surface area contributed by atoms with Crippen LogP contribution in [-0.2, 0) is 11.3 Å². The Labute approximate surface area is 149 Å². The van der Waals surface area contributed by atoms with E-state index in [1.165, 1.54) is 6.07 Å². The van der Waals surface area contributed by atoms with Crippen molar-refractivity contribution in [2.45, 2.75) is 26.8 Å². The zero-order chi connectivity index (χ0) is 15.5. The number of ether oxygens (including phenoxy) is 1. The Bertz CT molecular complexity index is 443. The maximum absolute atomic E-state index is 13.4. The van der Waals surface area contributed by atoms with E-state index in [1.54, 1.807) is 19.3 Å². The zero-order valence-corrected chi connectivity index (χ0v) is 15.8. The standard InChI is InChI=1S/C15H25FN4O.HI/c1-12(2)11-21-9-5-8-19-15(17-3)20-10-14-13(16)6-4-7-18-14;/h4,6-7,12H,5,8-11H2,1-3H3,(H2,17,19,20);1H. The van der Waals surface area contributed by atoms with Crippen LogP contribution in [0.25, 0.3) is 0 Å². The Morgan fingerprint density at radius 3 is 2.82 bits per heavy atom. The van der Waals surface area contributed by atoms with Gasteiger partial charge in [-0.05, 0) is 24.5 Å². The first-order valence-electron chi connectivity index (χ1n) is 7.25. The molecule has 0 radical (unpaired) electrons. The summed E-state index contributed by atoms with van der Waals surface area (Å²) in [4.78, 5) is 8.06. The lowest BCUT2D eigenvalue weighted by Gasteiger charge is -2.12. The molecule has 5 nitrogen and oxygen atoms in total. The van der Waals surface area contributed by atoms with Gasteiger partial charge < -0.3 is 15.4 Å². The summed E-state index contributed by atoms with van der Waals surface area (Å²) in [5, 5.41) is 6.19. The second-order valence-electron chi connectivity index (χ2n) is 5.11. The third kappa shape index (κ3) is 9.14. The molecule has 0 aliphatic carbocycles. The molecule has 0 aliphatic rings. The summed E-state index contributed by atoms with van der Waals surface area (Å²) < 4.78 is 18.9. The van der Waals surface area contributed by atoms with Crippen LogP contribution in [0.15, 0.2) is 23.3 Å². The van der Waals surface area contributed by atoms with Crippen LogP contribution < -0.4 is 10.6 Å². The summed E-state index contributed by atoms with van der Waals surface area (Å²) in [6, 6.07) is 2.97. The number of aliphatic imine (C=N–C) groups is 1. The van der Waals surface area contributed by atoms with E-state index in [9.17, 15) is 4.39 Å². The SMILES string of the molecule is CN=C(NCCCOCC(C)C)NCc1ncccc1F.I. The van der Waals surface area contributed by atoms with Gasteiger partial charge in [-0.25, -0.2) is 4.39 Å². The highest BCUT2D eigenvalue weighted by atomic mass is 127. The van der Waals surface area contributed by atoms with Gasteiger partial charge in [0.05, 0.1) is 12.2 Å². The average Bonchev–Trinajstić information content (AvgIpc) is 2.47. The number of nitrogens with zero attached hydrogens (tertiary/aromatic N) is 2. The molecular formula is C15H26FIN4O. The van der Waals surface area contributed by atoms with E-state index in [2.05, 4.69) is 34.5 Å². The van der Waals surface area contributed by atoms with Crippen molar-refractivity contribution < 1.29 is 9.13 Å². The topological polar surface area (TPSA) is 58.5 Å². The van der Waals surface area contributed by atoms with E-state index in [0.717, 1.165) is 26.2 Å². The van der Waals surface area contributed by atoms with Crippen LogP contribution in [0.3, 0.4) is 0 Å². The van der Waals surface area contributed by atoms with Gasteiger partial charge in [-0.1, -0.05) is 13.8 Å². The molecule has 126 valence electrons. The Kier molecular flexibility index (Phi) is 12.0. The first-order valence-corrected chi connectivity index (χ1v) is 7.25. The van der Waals surface area contributed by atoms with Gasteiger partial charge >= 0.3 is 0 Å². The minimum absolute atomic E-state index is 0. The van der Waals surface area contributed by atoms with E-state index in [4.69, 9.17) is 4.74 Å². The third-order valence-electron chi connectivity index (χ3n) is 2.69. The summed E-state index contributed by atoms with van der Waals surface area (Å²) >= 11 is 0. The van der Waals surface area contributed by atoms with Crippen LogP contribution in [0, 0.1) is 11.7 Å². The fourth-order valence-corrected chi connectivity index (χ4v) is 1.64. The maximum atomic E-state index is 13.4. The number of aromatic nitrogens is 1. The molecule has 1 rings (SSSR count). The van der Waals surface area contributed by atoms with Gasteiger partial charge in [-0.3, -0.25) is 9.98 Å². The molecule has 0 saturated carbocycles. The van der Waals surface area contributed by atoms with Gasteiger partial charge in [-0.2, -0.15) is 0 Å². The van der Waals surface area contributed by atoms with Crippen molar-refractivity contribution in [1.29, 1.82) is 0 Å². The first-order chi connectivity index (χ1) is 10.1. The first kappa shape index (κ1) is 21.0. The van der Waals surface area contributed by atoms with Crippen LogP contribution in [0.5, 0.6) is 0 Å². The minimum Gasteiger partial charge on any atom is -0.381 e. The molecule has 0 fully saturated rings. The van der Waals surface area contributed by atoms with Crippen molar-refractivity contribution in [3.05, 3.63) is 29.8 Å². The van der Waals surface area contributed by atoms with Gasteiger partial charge in [0.15, 0.2) is 5.96 Å². The molecule has 0 amide bonds. The Morgan fingerprint density at radius 1 is 1.41 bits per heavy atom. The molecule has 0 unspecified atom stereocenters. The molecule has 1 aromatic rings. The van der Waals surface area contributed by atoms with Crippen LogP contribution >= 0.6 is 24.0 Å². The normalized spacial score (nSPS) is 11.2. The van der Waals surface area contributed by atoms with E-state index >= 15 is 0 Å². The Morgan fingerprint density at radius 2 is 2.18 bits per heavy atom. The summed E-state index contributed by atoms with van der Waals surface area (Å²) in [5.41, 5.74) is 0.376. The van der Waals surface area contributed by atoms with E-state index in [1.807, 2.05) is 0 Å². The van der Waals surface area contributed by atoms with E-state index in [0.29, 0.717) is 24.1 Å². The highest BCUT2D eigenvalue weighted by molar-refractivity contribution is 14.0. The Balaban J connectivity index is 0.00000441. The van der Waals surface area contributed by atoms with Gasteiger partial charge in [0.2, 0.25) is 0 Å². The predicted octanol–water partition coefficient (Wildman–Crippen LogP) is 2.57. The zero-order valence-electron chi connectivity index (χ0n) is 13.4. The number of nitrogens with one attached hydrogen (secondary N) is 2. The van der Waals surface area contributed by atoms with E-state index in [-0.39, 0.29) is 29.8 Å². The summed E-state index contributed by atoms with van der Waals surface area (Å²) in [5.74, 6) is 0.868. The fraction of sp³-hybridized carbons (Fsp3) is 0.600. The molecule has 2 N–H and O–H groups in total.